The minimum atomic E-state index is -0.839. The number of nitrogens with one attached hydrogen (secondary N) is 1. The van der Waals surface area contributed by atoms with Gasteiger partial charge in [0.1, 0.15) is 0 Å². The van der Waals surface area contributed by atoms with E-state index in [1.165, 1.54) is 116 Å². The van der Waals surface area contributed by atoms with Crippen molar-refractivity contribution in [2.24, 2.45) is 0 Å². The molecular formula is C32H63NO3. The van der Waals surface area contributed by atoms with Crippen LogP contribution in [0.25, 0.3) is 0 Å². The number of carbonyl (C=O) groups excluding carboxylic acids is 1. The first kappa shape index (κ1) is 33.2. The molecule has 0 aliphatic carbocycles. The third-order valence-electron chi connectivity index (χ3n) is 7.17. The van der Waals surface area contributed by atoms with Crippen molar-refractivity contribution in [2.75, 3.05) is 6.61 Å². The molecule has 0 bridgehead atoms. The van der Waals surface area contributed by atoms with Crippen molar-refractivity contribution in [3.63, 3.8) is 0 Å². The van der Waals surface area contributed by atoms with E-state index in [4.69, 9.17) is 1.37 Å². The molecule has 2 atom stereocenters. The van der Waals surface area contributed by atoms with Crippen molar-refractivity contribution in [1.82, 2.24) is 5.32 Å². The maximum absolute atomic E-state index is 12.2. The number of amides is 1. The molecule has 4 heteroatoms. The lowest BCUT2D eigenvalue weighted by Gasteiger charge is -2.20. The van der Waals surface area contributed by atoms with Gasteiger partial charge in [0, 0.05) is 7.79 Å². The lowest BCUT2D eigenvalue weighted by atomic mass is 10.0. The van der Waals surface area contributed by atoms with Crippen LogP contribution in [-0.2, 0) is 4.79 Å². The van der Waals surface area contributed by atoms with Gasteiger partial charge in [-0.1, -0.05) is 154 Å². The van der Waals surface area contributed by atoms with Crippen molar-refractivity contribution in [2.45, 2.75) is 180 Å². The SMILES string of the molecule is [2H]CCCCCCCCCCCCCC(=O)N[C@@H](CO)[C@H](O)/C=C/CCCCCCCCCCCCC. The van der Waals surface area contributed by atoms with Gasteiger partial charge < -0.3 is 15.5 Å². The first-order chi connectivity index (χ1) is 18.2. The maximum Gasteiger partial charge on any atom is 0.220 e. The number of hydrogen-bond donors (Lipinski definition) is 3. The van der Waals surface area contributed by atoms with Crippen molar-refractivity contribution in [3.05, 3.63) is 12.2 Å². The predicted octanol–water partition coefficient (Wildman–Crippen LogP) is 8.78. The maximum atomic E-state index is 12.2. The molecule has 0 fully saturated rings. The van der Waals surface area contributed by atoms with E-state index in [-0.39, 0.29) is 12.5 Å². The minimum Gasteiger partial charge on any atom is -0.394 e. The summed E-state index contributed by atoms with van der Waals surface area (Å²) in [5.41, 5.74) is 0. The molecule has 36 heavy (non-hydrogen) atoms. The van der Waals surface area contributed by atoms with Crippen LogP contribution in [0.4, 0.5) is 0 Å². The zero-order valence-corrected chi connectivity index (χ0v) is 24.0. The number of aliphatic hydroxyl groups is 2. The van der Waals surface area contributed by atoms with E-state index in [0.717, 1.165) is 32.1 Å². The van der Waals surface area contributed by atoms with Crippen LogP contribution >= 0.6 is 0 Å². The molecule has 0 unspecified atom stereocenters. The smallest absolute Gasteiger partial charge is 0.220 e. The molecule has 0 aromatic carbocycles. The van der Waals surface area contributed by atoms with Gasteiger partial charge in [-0.05, 0) is 19.3 Å². The first-order valence-corrected chi connectivity index (χ1v) is 15.7. The van der Waals surface area contributed by atoms with Gasteiger partial charge in [-0.25, -0.2) is 0 Å². The Morgan fingerprint density at radius 2 is 1.17 bits per heavy atom. The second-order valence-electron chi connectivity index (χ2n) is 10.7. The molecule has 4 nitrogen and oxygen atoms in total. The fourth-order valence-corrected chi connectivity index (χ4v) is 4.69. The van der Waals surface area contributed by atoms with Crippen molar-refractivity contribution in [3.8, 4) is 0 Å². The molecule has 0 rings (SSSR count). The van der Waals surface area contributed by atoms with Crippen LogP contribution in [0, 0.1) is 0 Å². The van der Waals surface area contributed by atoms with Crippen LogP contribution in [0.5, 0.6) is 0 Å². The largest absolute Gasteiger partial charge is 0.394 e. The fraction of sp³-hybridized carbons (Fsp3) is 0.906. The summed E-state index contributed by atoms with van der Waals surface area (Å²) in [4.78, 5) is 12.2. The summed E-state index contributed by atoms with van der Waals surface area (Å²) in [6.07, 6.45) is 31.9. The van der Waals surface area contributed by atoms with Crippen LogP contribution in [0.15, 0.2) is 12.2 Å². The summed E-state index contributed by atoms with van der Waals surface area (Å²) in [7, 11) is 0. The van der Waals surface area contributed by atoms with Crippen LogP contribution in [0.3, 0.4) is 0 Å². The molecule has 214 valence electrons. The third-order valence-corrected chi connectivity index (χ3v) is 7.17. The summed E-state index contributed by atoms with van der Waals surface area (Å²) in [5.74, 6) is -0.0791. The molecule has 0 saturated heterocycles. The normalized spacial score (nSPS) is 13.7. The number of unbranched alkanes of at least 4 members (excludes halogenated alkanes) is 21. The molecule has 0 aliphatic heterocycles. The average molecular weight is 511 g/mol. The zero-order chi connectivity index (χ0) is 27.2. The van der Waals surface area contributed by atoms with Gasteiger partial charge in [0.15, 0.2) is 0 Å². The van der Waals surface area contributed by atoms with Crippen LogP contribution < -0.4 is 5.32 Å². The number of aliphatic hydroxyl groups excluding tert-OH is 2. The Hall–Kier alpha value is -0.870. The van der Waals surface area contributed by atoms with Gasteiger partial charge in [-0.2, -0.15) is 0 Å². The lowest BCUT2D eigenvalue weighted by molar-refractivity contribution is -0.123. The second-order valence-corrected chi connectivity index (χ2v) is 10.7. The monoisotopic (exact) mass is 510 g/mol. The van der Waals surface area contributed by atoms with Gasteiger partial charge in [0.2, 0.25) is 5.91 Å². The van der Waals surface area contributed by atoms with Gasteiger partial charge in [-0.15, -0.1) is 0 Å². The molecule has 0 spiro atoms. The Morgan fingerprint density at radius 1 is 0.722 bits per heavy atom. The predicted molar refractivity (Wildman–Crippen MR) is 156 cm³/mol. The average Bonchev–Trinajstić information content (AvgIpc) is 2.90. The lowest BCUT2D eigenvalue weighted by Crippen LogP contribution is -2.45. The second kappa shape index (κ2) is 28.7. The summed E-state index contributed by atoms with van der Waals surface area (Å²) >= 11 is 0. The van der Waals surface area contributed by atoms with Crippen LogP contribution in [0.1, 0.15) is 169 Å². The Labute approximate surface area is 226 Å². The van der Waals surface area contributed by atoms with E-state index in [1.807, 2.05) is 6.08 Å². The minimum absolute atomic E-state index is 0.0791. The van der Waals surface area contributed by atoms with E-state index in [1.54, 1.807) is 6.08 Å². The van der Waals surface area contributed by atoms with E-state index in [9.17, 15) is 15.0 Å². The molecule has 0 aromatic heterocycles. The van der Waals surface area contributed by atoms with Crippen molar-refractivity contribution < 1.29 is 16.4 Å². The molecule has 1 amide bonds. The Balaban J connectivity index is 3.65. The molecule has 0 aliphatic rings. The van der Waals surface area contributed by atoms with Crippen LogP contribution in [0.2, 0.25) is 0 Å². The van der Waals surface area contributed by atoms with Gasteiger partial charge in [0.05, 0.1) is 18.8 Å². The first-order valence-electron chi connectivity index (χ1n) is 16.4. The van der Waals surface area contributed by atoms with E-state index >= 15 is 0 Å². The summed E-state index contributed by atoms with van der Waals surface area (Å²) in [6, 6.07) is -0.623. The molecule has 0 heterocycles. The van der Waals surface area contributed by atoms with Gasteiger partial charge >= 0.3 is 0 Å². The van der Waals surface area contributed by atoms with Gasteiger partial charge in [0.25, 0.3) is 0 Å². The van der Waals surface area contributed by atoms with E-state index in [2.05, 4.69) is 12.2 Å². The van der Waals surface area contributed by atoms with Crippen molar-refractivity contribution >= 4 is 5.91 Å². The quantitative estimate of drug-likeness (QED) is 0.0727. The fourth-order valence-electron chi connectivity index (χ4n) is 4.69. The number of hydrogen-bond acceptors (Lipinski definition) is 3. The highest BCUT2D eigenvalue weighted by molar-refractivity contribution is 5.76. The Bertz CT molecular complexity index is 500. The van der Waals surface area contributed by atoms with Crippen LogP contribution in [-0.4, -0.2) is 34.9 Å². The highest BCUT2D eigenvalue weighted by atomic mass is 16.3. The van der Waals surface area contributed by atoms with Crippen molar-refractivity contribution in [1.29, 1.82) is 0 Å². The van der Waals surface area contributed by atoms with Gasteiger partial charge in [-0.3, -0.25) is 4.79 Å². The Kier molecular flexibility index (Phi) is 26.4. The molecule has 0 saturated carbocycles. The molecule has 0 radical (unpaired) electrons. The van der Waals surface area contributed by atoms with E-state index < -0.39 is 12.1 Å². The third kappa shape index (κ3) is 24.8. The number of allylic oxidation sites excluding steroid dienone is 1. The summed E-state index contributed by atoms with van der Waals surface area (Å²) in [5, 5.41) is 22.7. The number of carbonyl (C=O) groups is 1. The number of rotatable bonds is 28. The zero-order valence-electron chi connectivity index (χ0n) is 25.0. The standard InChI is InChI=1S/C32H63NO3/c1-3-5-7-9-11-13-15-16-18-19-21-23-25-27-31(35)30(29-34)33-32(36)28-26-24-22-20-17-14-12-10-8-6-4-2/h25,27,30-31,34-35H,3-24,26,28-29H2,1-2H3,(H,33,36)/b27-25+/t30-,31+/m0/s1/i2D. The van der Waals surface area contributed by atoms with E-state index in [0.29, 0.717) is 13.3 Å². The highest BCUT2D eigenvalue weighted by Crippen LogP contribution is 2.13. The highest BCUT2D eigenvalue weighted by Gasteiger charge is 2.17. The summed E-state index contributed by atoms with van der Waals surface area (Å²) in [6.45, 7) is 2.58. The topological polar surface area (TPSA) is 69.6 Å². The summed E-state index contributed by atoms with van der Waals surface area (Å²) < 4.78 is 7.14. The Morgan fingerprint density at radius 3 is 1.64 bits per heavy atom. The molecule has 3 N–H and O–H groups in total. The molecule has 0 aromatic rings. The molecular weight excluding hydrogens is 446 g/mol.